The highest BCUT2D eigenvalue weighted by atomic mass is 127. The highest BCUT2D eigenvalue weighted by Crippen LogP contribution is 2.46. The Morgan fingerprint density at radius 1 is 1.35 bits per heavy atom. The second kappa shape index (κ2) is 5.19. The summed E-state index contributed by atoms with van der Waals surface area (Å²) in [5, 5.41) is 5.23. The monoisotopic (exact) mass is 423 g/mol. The van der Waals surface area contributed by atoms with Gasteiger partial charge in [-0.3, -0.25) is 0 Å². The summed E-state index contributed by atoms with van der Waals surface area (Å²) in [5.74, 6) is 2.01. The molecule has 3 aromatic rings. The van der Waals surface area contributed by atoms with Crippen molar-refractivity contribution in [2.75, 3.05) is 5.73 Å². The van der Waals surface area contributed by atoms with Crippen LogP contribution in [0.2, 0.25) is 0 Å². The molecule has 3 heterocycles. The third kappa shape index (κ3) is 2.16. The number of rotatable bonds is 3. The van der Waals surface area contributed by atoms with E-state index in [1.54, 1.807) is 0 Å². The van der Waals surface area contributed by atoms with Gasteiger partial charge in [-0.1, -0.05) is 5.16 Å². The lowest BCUT2D eigenvalue weighted by Gasteiger charge is -2.11. The molecule has 3 aromatic heterocycles. The van der Waals surface area contributed by atoms with Gasteiger partial charge in [0.25, 0.3) is 0 Å². The van der Waals surface area contributed by atoms with E-state index in [-0.39, 0.29) is 6.04 Å². The van der Waals surface area contributed by atoms with Crippen molar-refractivity contribution in [2.45, 2.75) is 45.6 Å². The molecule has 0 saturated heterocycles. The second-order valence-corrected chi connectivity index (χ2v) is 7.44. The van der Waals surface area contributed by atoms with Crippen LogP contribution >= 0.6 is 22.6 Å². The molecule has 7 heteroatoms. The van der Waals surface area contributed by atoms with Gasteiger partial charge in [0, 0.05) is 23.2 Å². The van der Waals surface area contributed by atoms with Crippen molar-refractivity contribution in [1.82, 2.24) is 19.7 Å². The van der Waals surface area contributed by atoms with Gasteiger partial charge in [-0.15, -0.1) is 0 Å². The predicted molar refractivity (Wildman–Crippen MR) is 97.3 cm³/mol. The maximum Gasteiger partial charge on any atom is 0.153 e. The number of fused-ring (bicyclic) bond motifs is 1. The Balaban J connectivity index is 2.05. The number of aromatic nitrogens is 4. The first-order chi connectivity index (χ1) is 11.0. The molecule has 1 aliphatic carbocycles. The van der Waals surface area contributed by atoms with Crippen LogP contribution in [-0.2, 0) is 0 Å². The second-order valence-electron chi connectivity index (χ2n) is 6.37. The Hall–Kier alpha value is -1.64. The number of hydrogen-bond donors (Lipinski definition) is 1. The average Bonchev–Trinajstić information content (AvgIpc) is 3.19. The van der Waals surface area contributed by atoms with Gasteiger partial charge in [0.1, 0.15) is 23.5 Å². The van der Waals surface area contributed by atoms with E-state index >= 15 is 0 Å². The highest BCUT2D eigenvalue weighted by molar-refractivity contribution is 14.1. The first-order valence-corrected chi connectivity index (χ1v) is 8.85. The molecule has 2 N–H and O–H groups in total. The lowest BCUT2D eigenvalue weighted by Crippen LogP contribution is -2.04. The molecule has 0 unspecified atom stereocenters. The maximum atomic E-state index is 6.18. The van der Waals surface area contributed by atoms with Crippen molar-refractivity contribution in [1.29, 1.82) is 0 Å². The van der Waals surface area contributed by atoms with Gasteiger partial charge < -0.3 is 14.8 Å². The fraction of sp³-hybridized carbons (Fsp3) is 0.438. The Labute approximate surface area is 147 Å². The van der Waals surface area contributed by atoms with Crippen molar-refractivity contribution in [3.05, 3.63) is 21.4 Å². The third-order valence-corrected chi connectivity index (χ3v) is 5.46. The number of anilines is 1. The smallest absolute Gasteiger partial charge is 0.153 e. The standard InChI is InChI=1S/C16H18IN5O/c1-7(2)22-8(3)10(11-15(18)19-6-20-16(11)22)13-12(17)14(23-21-13)9-4-5-9/h6-7,9H,4-5H2,1-3H3,(H2,18,19,20). The van der Waals surface area contributed by atoms with Gasteiger partial charge in [0.2, 0.25) is 0 Å². The van der Waals surface area contributed by atoms with Gasteiger partial charge in [0.05, 0.1) is 8.96 Å². The van der Waals surface area contributed by atoms with Crippen LogP contribution < -0.4 is 5.73 Å². The van der Waals surface area contributed by atoms with E-state index in [1.807, 2.05) is 0 Å². The van der Waals surface area contributed by atoms with E-state index in [1.165, 1.54) is 19.2 Å². The van der Waals surface area contributed by atoms with Crippen molar-refractivity contribution >= 4 is 39.4 Å². The zero-order valence-electron chi connectivity index (χ0n) is 13.3. The molecule has 0 amide bonds. The highest BCUT2D eigenvalue weighted by Gasteiger charge is 2.33. The average molecular weight is 423 g/mol. The van der Waals surface area contributed by atoms with E-state index in [0.717, 1.165) is 37.3 Å². The molecule has 4 rings (SSSR count). The molecule has 1 fully saturated rings. The summed E-state index contributed by atoms with van der Waals surface area (Å²) in [5.41, 5.74) is 9.98. The lowest BCUT2D eigenvalue weighted by atomic mass is 10.1. The van der Waals surface area contributed by atoms with E-state index in [9.17, 15) is 0 Å². The summed E-state index contributed by atoms with van der Waals surface area (Å²) in [6.45, 7) is 6.35. The third-order valence-electron chi connectivity index (χ3n) is 4.42. The van der Waals surface area contributed by atoms with E-state index in [4.69, 9.17) is 10.3 Å². The van der Waals surface area contributed by atoms with Crippen molar-refractivity contribution < 1.29 is 4.52 Å². The Kier molecular flexibility index (Phi) is 3.36. The van der Waals surface area contributed by atoms with Crippen molar-refractivity contribution in [3.8, 4) is 11.3 Å². The van der Waals surface area contributed by atoms with Crippen LogP contribution in [0.3, 0.4) is 0 Å². The van der Waals surface area contributed by atoms with Crippen LogP contribution in [0.25, 0.3) is 22.3 Å². The van der Waals surface area contributed by atoms with E-state index in [0.29, 0.717) is 11.7 Å². The van der Waals surface area contributed by atoms with Crippen LogP contribution in [0.4, 0.5) is 5.82 Å². The number of nitrogens with zero attached hydrogens (tertiary/aromatic N) is 4. The molecule has 0 radical (unpaired) electrons. The van der Waals surface area contributed by atoms with Crippen molar-refractivity contribution in [2.24, 2.45) is 0 Å². The van der Waals surface area contributed by atoms with Crippen LogP contribution in [-0.4, -0.2) is 19.7 Å². The molecule has 1 saturated carbocycles. The molecule has 120 valence electrons. The fourth-order valence-corrected chi connectivity index (χ4v) is 4.15. The van der Waals surface area contributed by atoms with Crippen molar-refractivity contribution in [3.63, 3.8) is 0 Å². The minimum Gasteiger partial charge on any atom is -0.383 e. The number of nitrogen functional groups attached to an aromatic ring is 1. The Morgan fingerprint density at radius 3 is 2.74 bits per heavy atom. The molecule has 0 aromatic carbocycles. The predicted octanol–water partition coefficient (Wildman–Crippen LogP) is 4.04. The van der Waals surface area contributed by atoms with Crippen LogP contribution in [0.5, 0.6) is 0 Å². The SMILES string of the molecule is Cc1c(-c2noc(C3CC3)c2I)c2c(N)ncnc2n1C(C)C. The molecule has 0 bridgehead atoms. The minimum atomic E-state index is 0.271. The zero-order chi connectivity index (χ0) is 16.3. The maximum absolute atomic E-state index is 6.18. The normalized spacial score (nSPS) is 15.0. The summed E-state index contributed by atoms with van der Waals surface area (Å²) < 4.78 is 8.91. The summed E-state index contributed by atoms with van der Waals surface area (Å²) in [7, 11) is 0. The Bertz CT molecular complexity index is 907. The minimum absolute atomic E-state index is 0.271. The molecular weight excluding hydrogens is 405 g/mol. The summed E-state index contributed by atoms with van der Waals surface area (Å²) in [4.78, 5) is 8.65. The summed E-state index contributed by atoms with van der Waals surface area (Å²) in [6.07, 6.45) is 3.88. The van der Waals surface area contributed by atoms with Crippen LogP contribution in [0.1, 0.15) is 50.1 Å². The molecule has 0 aliphatic heterocycles. The quantitative estimate of drug-likeness (QED) is 0.643. The first kappa shape index (κ1) is 14.9. The van der Waals surface area contributed by atoms with Gasteiger partial charge in [-0.25, -0.2) is 9.97 Å². The lowest BCUT2D eigenvalue weighted by molar-refractivity contribution is 0.385. The molecular formula is C16H18IN5O. The molecule has 6 nitrogen and oxygen atoms in total. The van der Waals surface area contributed by atoms with E-state index < -0.39 is 0 Å². The summed E-state index contributed by atoms with van der Waals surface area (Å²) >= 11 is 2.34. The van der Waals surface area contributed by atoms with Gasteiger partial charge in [-0.05, 0) is 56.2 Å². The van der Waals surface area contributed by atoms with Gasteiger partial charge in [0.15, 0.2) is 5.76 Å². The fourth-order valence-electron chi connectivity index (χ4n) is 3.24. The molecule has 23 heavy (non-hydrogen) atoms. The number of hydrogen-bond acceptors (Lipinski definition) is 5. The largest absolute Gasteiger partial charge is 0.383 e. The van der Waals surface area contributed by atoms with Gasteiger partial charge in [-0.2, -0.15) is 0 Å². The molecule has 1 aliphatic rings. The van der Waals surface area contributed by atoms with E-state index in [2.05, 4.69) is 63.1 Å². The topological polar surface area (TPSA) is 82.8 Å². The van der Waals surface area contributed by atoms with Gasteiger partial charge >= 0.3 is 0 Å². The number of halogens is 1. The number of nitrogens with two attached hydrogens (primary N) is 1. The Morgan fingerprint density at radius 2 is 2.09 bits per heavy atom. The molecule has 0 spiro atoms. The molecule has 0 atom stereocenters. The first-order valence-electron chi connectivity index (χ1n) is 7.77. The zero-order valence-corrected chi connectivity index (χ0v) is 15.5. The van der Waals surface area contributed by atoms with Crippen LogP contribution in [0, 0.1) is 10.5 Å². The summed E-state index contributed by atoms with van der Waals surface area (Å²) in [6, 6.07) is 0.271. The van der Waals surface area contributed by atoms with Crippen LogP contribution in [0.15, 0.2) is 10.9 Å².